The highest BCUT2D eigenvalue weighted by Gasteiger charge is 2.22. The number of aryl methyl sites for hydroxylation is 2. The number of hydrogen-bond donors (Lipinski definition) is 1. The van der Waals surface area contributed by atoms with E-state index in [0.29, 0.717) is 33.9 Å². The molecule has 1 amide bonds. The van der Waals surface area contributed by atoms with E-state index >= 15 is 0 Å². The van der Waals surface area contributed by atoms with Gasteiger partial charge in [0.2, 0.25) is 5.91 Å². The van der Waals surface area contributed by atoms with E-state index in [1.165, 1.54) is 12.1 Å². The van der Waals surface area contributed by atoms with Crippen LogP contribution in [-0.2, 0) is 17.9 Å². The summed E-state index contributed by atoms with van der Waals surface area (Å²) in [5, 5.41) is 8.17. The van der Waals surface area contributed by atoms with E-state index in [-0.39, 0.29) is 6.54 Å². The molecule has 2 heterocycles. The second kappa shape index (κ2) is 9.00. The summed E-state index contributed by atoms with van der Waals surface area (Å²) in [4.78, 5) is 25.8. The fourth-order valence-electron chi connectivity index (χ4n) is 4.20. The Morgan fingerprint density at radius 1 is 1.09 bits per heavy atom. The van der Waals surface area contributed by atoms with E-state index < -0.39 is 17.3 Å². The van der Waals surface area contributed by atoms with Gasteiger partial charge in [-0.2, -0.15) is 5.10 Å². The molecule has 6 nitrogen and oxygen atoms in total. The zero-order valence-corrected chi connectivity index (χ0v) is 19.9. The molecule has 0 fully saturated rings. The minimum Gasteiger partial charge on any atom is -0.342 e. The highest BCUT2D eigenvalue weighted by atomic mass is 35.5. The van der Waals surface area contributed by atoms with Crippen molar-refractivity contribution in [3.05, 3.63) is 105 Å². The van der Waals surface area contributed by atoms with E-state index in [0.717, 1.165) is 26.9 Å². The topological polar surface area (TPSA) is 68.9 Å². The van der Waals surface area contributed by atoms with Crippen molar-refractivity contribution >= 4 is 34.1 Å². The van der Waals surface area contributed by atoms with Crippen LogP contribution in [0.15, 0.2) is 71.7 Å². The summed E-state index contributed by atoms with van der Waals surface area (Å²) in [6.45, 7) is 4.10. The number of carbonyl (C=O) groups is 1. The first-order chi connectivity index (χ1) is 16.8. The smallest absolute Gasteiger partial charge is 0.278 e. The first-order valence-electron chi connectivity index (χ1n) is 11.1. The van der Waals surface area contributed by atoms with Gasteiger partial charge in [-0.05, 0) is 55.3 Å². The molecule has 0 aliphatic carbocycles. The second-order valence-corrected chi connectivity index (χ2v) is 9.05. The molecule has 2 aliphatic rings. The molecule has 0 radical (unpaired) electrons. The van der Waals surface area contributed by atoms with Crippen molar-refractivity contribution in [1.29, 1.82) is 0 Å². The maximum Gasteiger partial charge on any atom is 0.278 e. The van der Waals surface area contributed by atoms with Gasteiger partial charge in [-0.15, -0.1) is 0 Å². The summed E-state index contributed by atoms with van der Waals surface area (Å²) in [5.41, 5.74) is 4.60. The lowest BCUT2D eigenvalue weighted by Crippen LogP contribution is -2.26. The number of aromatic nitrogens is 3. The molecule has 0 aromatic heterocycles. The lowest BCUT2D eigenvalue weighted by molar-refractivity contribution is -0.116. The highest BCUT2D eigenvalue weighted by Crippen LogP contribution is 2.29. The van der Waals surface area contributed by atoms with Crippen LogP contribution in [0.1, 0.15) is 16.7 Å². The van der Waals surface area contributed by atoms with Gasteiger partial charge in [0.05, 0.1) is 11.1 Å². The van der Waals surface area contributed by atoms with Crippen LogP contribution in [0.4, 0.5) is 10.1 Å². The van der Waals surface area contributed by atoms with Gasteiger partial charge in [-0.25, -0.2) is 9.07 Å². The zero-order valence-electron chi connectivity index (χ0n) is 19.2. The summed E-state index contributed by atoms with van der Waals surface area (Å²) in [7, 11) is 0. The molecule has 176 valence electrons. The Kier molecular flexibility index (Phi) is 5.86. The van der Waals surface area contributed by atoms with Crippen LogP contribution in [0, 0.1) is 19.7 Å². The Hall–Kier alpha value is -3.97. The van der Waals surface area contributed by atoms with Crippen LogP contribution >= 0.6 is 11.6 Å². The number of halogens is 2. The number of anilines is 1. The number of nitrogens with zero attached hydrogens (tertiary/aromatic N) is 3. The Balaban J connectivity index is 1.54. The van der Waals surface area contributed by atoms with Crippen molar-refractivity contribution in [3.8, 4) is 11.3 Å². The third-order valence-electron chi connectivity index (χ3n) is 5.93. The molecule has 5 rings (SSSR count). The van der Waals surface area contributed by atoms with Gasteiger partial charge in [0.15, 0.2) is 0 Å². The fraction of sp³-hybridized carbons (Fsp3) is 0.148. The molecule has 2 aliphatic heterocycles. The Labute approximate surface area is 205 Å². The summed E-state index contributed by atoms with van der Waals surface area (Å²) in [5.74, 6) is -0.846. The quantitative estimate of drug-likeness (QED) is 0.360. The summed E-state index contributed by atoms with van der Waals surface area (Å²) >= 11 is 6.13. The molecule has 0 saturated heterocycles. The fourth-order valence-corrected chi connectivity index (χ4v) is 4.38. The molecule has 0 spiro atoms. The molecule has 35 heavy (non-hydrogen) atoms. The van der Waals surface area contributed by atoms with E-state index in [9.17, 15) is 14.0 Å². The molecule has 0 saturated carbocycles. The molecule has 0 bridgehead atoms. The number of benzene rings is 3. The highest BCUT2D eigenvalue weighted by molar-refractivity contribution is 6.31. The van der Waals surface area contributed by atoms with Crippen molar-refractivity contribution < 1.29 is 9.18 Å². The molecule has 8 heteroatoms. The SMILES string of the molecule is Cc1cccc(Cn2cc3c(=O)n(CC(=O)Nc4ccc(C)c(Cl)c4)nc-3c3cc(F)ccc32)c1. The maximum absolute atomic E-state index is 14.2. The lowest BCUT2D eigenvalue weighted by atomic mass is 10.1. The standard InChI is InChI=1S/C27H22ClFN4O2/c1-16-4-3-5-18(10-16)13-32-14-22-26(21-11-19(29)7-9-24(21)32)31-33(27(22)35)15-25(34)30-20-8-6-17(2)23(28)12-20/h3-12,14H,13,15H2,1-2H3,(H,30,34). The number of fused-ring (bicyclic) bond motifs is 3. The van der Waals surface area contributed by atoms with Gasteiger partial charge in [0.1, 0.15) is 18.1 Å². The summed E-state index contributed by atoms with van der Waals surface area (Å²) < 4.78 is 17.2. The van der Waals surface area contributed by atoms with Gasteiger partial charge < -0.3 is 9.88 Å². The van der Waals surface area contributed by atoms with Crippen LogP contribution in [0.2, 0.25) is 5.02 Å². The Morgan fingerprint density at radius 2 is 1.91 bits per heavy atom. The minimum atomic E-state index is -0.428. The van der Waals surface area contributed by atoms with Gasteiger partial charge in [-0.3, -0.25) is 9.59 Å². The van der Waals surface area contributed by atoms with Gasteiger partial charge in [0, 0.05) is 28.8 Å². The van der Waals surface area contributed by atoms with Gasteiger partial charge >= 0.3 is 0 Å². The molecular formula is C27H22ClFN4O2. The van der Waals surface area contributed by atoms with Crippen molar-refractivity contribution in [2.75, 3.05) is 5.32 Å². The van der Waals surface area contributed by atoms with Crippen LogP contribution in [0.3, 0.4) is 0 Å². The second-order valence-electron chi connectivity index (χ2n) is 8.64. The lowest BCUT2D eigenvalue weighted by Gasteiger charge is -2.14. The van der Waals surface area contributed by atoms with Gasteiger partial charge in [-0.1, -0.05) is 47.5 Å². The Bertz CT molecular complexity index is 1620. The number of rotatable bonds is 5. The predicted octanol–water partition coefficient (Wildman–Crippen LogP) is 5.40. The van der Waals surface area contributed by atoms with E-state index in [4.69, 9.17) is 11.6 Å². The van der Waals surface area contributed by atoms with Crippen LogP contribution in [0.5, 0.6) is 0 Å². The van der Waals surface area contributed by atoms with E-state index in [2.05, 4.69) is 16.5 Å². The van der Waals surface area contributed by atoms with Crippen LogP contribution in [0.25, 0.3) is 22.2 Å². The third kappa shape index (κ3) is 4.55. The number of carbonyl (C=O) groups excluding carboxylic acids is 1. The molecule has 0 unspecified atom stereocenters. The molecule has 3 aromatic rings. The van der Waals surface area contributed by atoms with Crippen molar-refractivity contribution in [3.63, 3.8) is 0 Å². The van der Waals surface area contributed by atoms with Crippen molar-refractivity contribution in [1.82, 2.24) is 14.3 Å². The average molecular weight is 489 g/mol. The normalized spacial score (nSPS) is 11.3. The van der Waals surface area contributed by atoms with Crippen molar-refractivity contribution in [2.24, 2.45) is 0 Å². The first-order valence-corrected chi connectivity index (χ1v) is 11.5. The molecular weight excluding hydrogens is 467 g/mol. The summed E-state index contributed by atoms with van der Waals surface area (Å²) in [6.07, 6.45) is 1.72. The van der Waals surface area contributed by atoms with Gasteiger partial charge in [0.25, 0.3) is 5.56 Å². The molecule has 1 N–H and O–H groups in total. The average Bonchev–Trinajstić information content (AvgIpc) is 3.11. The molecule has 0 atom stereocenters. The number of amides is 1. The van der Waals surface area contributed by atoms with E-state index in [1.807, 2.05) is 36.6 Å². The summed E-state index contributed by atoms with van der Waals surface area (Å²) in [6, 6.07) is 17.7. The Morgan fingerprint density at radius 3 is 2.69 bits per heavy atom. The maximum atomic E-state index is 14.2. The van der Waals surface area contributed by atoms with Crippen LogP contribution in [-0.4, -0.2) is 20.3 Å². The number of pyridine rings is 1. The largest absolute Gasteiger partial charge is 0.342 e. The first kappa shape index (κ1) is 22.8. The van der Waals surface area contributed by atoms with Crippen LogP contribution < -0.4 is 10.9 Å². The van der Waals surface area contributed by atoms with Crippen molar-refractivity contribution in [2.45, 2.75) is 26.9 Å². The number of nitrogens with one attached hydrogen (secondary N) is 1. The minimum absolute atomic E-state index is 0.284. The van der Waals surface area contributed by atoms with E-state index in [1.54, 1.807) is 30.5 Å². The molecule has 3 aromatic carbocycles. The monoisotopic (exact) mass is 488 g/mol. The third-order valence-corrected chi connectivity index (χ3v) is 6.34. The predicted molar refractivity (Wildman–Crippen MR) is 136 cm³/mol. The zero-order chi connectivity index (χ0) is 24.7. The number of hydrogen-bond acceptors (Lipinski definition) is 3.